The molecule has 2 aliphatic rings. The fourth-order valence-corrected chi connectivity index (χ4v) is 5.19. The van der Waals surface area contributed by atoms with Crippen LogP contribution < -0.4 is 19.9 Å². The molecule has 0 bridgehead atoms. The molecule has 2 atom stereocenters. The average Bonchev–Trinajstić information content (AvgIpc) is 2.86. The second kappa shape index (κ2) is 9.72. The predicted octanol–water partition coefficient (Wildman–Crippen LogP) is 3.68. The lowest BCUT2D eigenvalue weighted by Crippen LogP contribution is -2.46. The Kier molecular flexibility index (Phi) is 6.72. The number of nitrogens with zero attached hydrogens (tertiary/aromatic N) is 3. The predicted molar refractivity (Wildman–Crippen MR) is 132 cm³/mol. The number of nitrogens with two attached hydrogens (primary N) is 1. The summed E-state index contributed by atoms with van der Waals surface area (Å²) in [5.41, 5.74) is 9.97. The van der Waals surface area contributed by atoms with Gasteiger partial charge in [0.05, 0.1) is 38.9 Å². The number of nitriles is 1. The first-order chi connectivity index (χ1) is 16.9. The van der Waals surface area contributed by atoms with Crippen molar-refractivity contribution in [3.8, 4) is 23.3 Å². The summed E-state index contributed by atoms with van der Waals surface area (Å²) < 4.78 is 16.8. The van der Waals surface area contributed by atoms with Crippen molar-refractivity contribution < 1.29 is 19.0 Å². The lowest BCUT2D eigenvalue weighted by atomic mass is 9.72. The van der Waals surface area contributed by atoms with E-state index in [1.165, 1.54) is 14.2 Å². The highest BCUT2D eigenvalue weighted by molar-refractivity contribution is 6.00. The first-order valence-electron chi connectivity index (χ1n) is 11.3. The number of carbonyl (C=O) groups excluding carboxylic acids is 1. The van der Waals surface area contributed by atoms with E-state index < -0.39 is 5.92 Å². The fourth-order valence-electron chi connectivity index (χ4n) is 5.19. The minimum absolute atomic E-state index is 0.00860. The summed E-state index contributed by atoms with van der Waals surface area (Å²) >= 11 is 0. The van der Waals surface area contributed by atoms with Gasteiger partial charge in [-0.1, -0.05) is 36.4 Å². The molecule has 4 rings (SSSR count). The van der Waals surface area contributed by atoms with Crippen molar-refractivity contribution in [1.29, 1.82) is 5.26 Å². The number of benzene rings is 2. The number of allylic oxidation sites excluding steroid dienone is 3. The van der Waals surface area contributed by atoms with Crippen molar-refractivity contribution in [2.45, 2.75) is 24.7 Å². The minimum atomic E-state index is -0.690. The highest BCUT2D eigenvalue weighted by atomic mass is 16.5. The lowest BCUT2D eigenvalue weighted by molar-refractivity contribution is -0.117. The van der Waals surface area contributed by atoms with Crippen LogP contribution in [0.15, 0.2) is 65.1 Å². The third-order valence-corrected chi connectivity index (χ3v) is 6.66. The van der Waals surface area contributed by atoms with E-state index in [2.05, 4.69) is 6.07 Å². The zero-order chi connectivity index (χ0) is 25.3. The summed E-state index contributed by atoms with van der Waals surface area (Å²) in [7, 11) is 8.29. The molecule has 1 aliphatic carbocycles. The van der Waals surface area contributed by atoms with Crippen LogP contribution in [0.1, 0.15) is 35.8 Å². The molecule has 0 saturated carbocycles. The number of hydrazine groups is 1. The van der Waals surface area contributed by atoms with Gasteiger partial charge in [-0.25, -0.2) is 5.01 Å². The Hall–Kier alpha value is -3.96. The Morgan fingerprint density at radius 2 is 1.69 bits per heavy atom. The van der Waals surface area contributed by atoms with Crippen LogP contribution in [-0.2, 0) is 4.79 Å². The number of Topliss-reactive ketones (excluding diaryl/α,β-unsaturated/α-hetero) is 1. The standard InChI is InChI=1S/C27H30N4O4/c1-30(2)31-20-13-17(16-9-7-6-8-10-16)14-21(32)24(20)23(19(15-28)27(31)29)18-11-12-22(33-3)26(35-5)25(18)34-4/h6-12,17,23H,13-14,29H2,1-5H3/t17-,23-/m0/s1. The second-order valence-electron chi connectivity index (χ2n) is 8.73. The first-order valence-corrected chi connectivity index (χ1v) is 11.3. The van der Waals surface area contributed by atoms with Crippen molar-refractivity contribution in [2.75, 3.05) is 35.4 Å². The topological polar surface area (TPSA) is 101 Å². The summed E-state index contributed by atoms with van der Waals surface area (Å²) in [5, 5.41) is 13.8. The Balaban J connectivity index is 1.97. The van der Waals surface area contributed by atoms with Gasteiger partial charge in [-0.05, 0) is 24.0 Å². The molecular formula is C27H30N4O4. The Bertz CT molecular complexity index is 1240. The molecule has 35 heavy (non-hydrogen) atoms. The smallest absolute Gasteiger partial charge is 0.203 e. The van der Waals surface area contributed by atoms with Crippen LogP contribution in [0.2, 0.25) is 0 Å². The number of carbonyl (C=O) groups is 1. The molecule has 182 valence electrons. The van der Waals surface area contributed by atoms with Gasteiger partial charge in [-0.15, -0.1) is 0 Å². The quantitative estimate of drug-likeness (QED) is 0.677. The molecule has 0 aromatic heterocycles. The summed E-state index contributed by atoms with van der Waals surface area (Å²) in [6, 6.07) is 15.8. The fraction of sp³-hybridized carbons (Fsp3) is 0.333. The molecule has 1 aliphatic heterocycles. The van der Waals surface area contributed by atoms with Crippen molar-refractivity contribution in [3.05, 3.63) is 76.3 Å². The maximum Gasteiger partial charge on any atom is 0.203 e. The van der Waals surface area contributed by atoms with E-state index in [4.69, 9.17) is 19.9 Å². The Labute approximate surface area is 205 Å². The van der Waals surface area contributed by atoms with Crippen LogP contribution in [0.5, 0.6) is 17.2 Å². The number of ether oxygens (including phenoxy) is 3. The molecule has 2 aromatic rings. The van der Waals surface area contributed by atoms with E-state index >= 15 is 0 Å². The van der Waals surface area contributed by atoms with E-state index in [9.17, 15) is 10.1 Å². The molecule has 0 radical (unpaired) electrons. The summed E-state index contributed by atoms with van der Waals surface area (Å²) in [6.45, 7) is 0. The molecule has 2 N–H and O–H groups in total. The number of hydrogen-bond donors (Lipinski definition) is 1. The van der Waals surface area contributed by atoms with E-state index in [1.807, 2.05) is 55.5 Å². The van der Waals surface area contributed by atoms with Crippen LogP contribution in [0.4, 0.5) is 0 Å². The molecule has 0 saturated heterocycles. The van der Waals surface area contributed by atoms with Crippen molar-refractivity contribution >= 4 is 5.78 Å². The zero-order valence-electron chi connectivity index (χ0n) is 20.7. The van der Waals surface area contributed by atoms with E-state index in [0.29, 0.717) is 47.0 Å². The van der Waals surface area contributed by atoms with Gasteiger partial charge in [0.25, 0.3) is 0 Å². The zero-order valence-corrected chi connectivity index (χ0v) is 20.7. The van der Waals surface area contributed by atoms with Crippen molar-refractivity contribution in [1.82, 2.24) is 10.0 Å². The maximum absolute atomic E-state index is 13.8. The highest BCUT2D eigenvalue weighted by Gasteiger charge is 2.44. The summed E-state index contributed by atoms with van der Waals surface area (Å²) in [5.74, 6) is 0.877. The summed E-state index contributed by atoms with van der Waals surface area (Å²) in [4.78, 5) is 13.8. The molecule has 1 heterocycles. The van der Waals surface area contributed by atoms with E-state index in [-0.39, 0.29) is 17.3 Å². The molecule has 8 nitrogen and oxygen atoms in total. The van der Waals surface area contributed by atoms with Crippen molar-refractivity contribution in [3.63, 3.8) is 0 Å². The molecular weight excluding hydrogens is 444 g/mol. The Morgan fingerprint density at radius 1 is 1.00 bits per heavy atom. The first kappa shape index (κ1) is 24.2. The van der Waals surface area contributed by atoms with Gasteiger partial charge >= 0.3 is 0 Å². The van der Waals surface area contributed by atoms with Crippen LogP contribution in [0.3, 0.4) is 0 Å². The van der Waals surface area contributed by atoms with Crippen LogP contribution in [-0.4, -0.2) is 51.2 Å². The minimum Gasteiger partial charge on any atom is -0.493 e. The molecule has 0 unspecified atom stereocenters. The lowest BCUT2D eigenvalue weighted by Gasteiger charge is -2.44. The number of ketones is 1. The van der Waals surface area contributed by atoms with Crippen molar-refractivity contribution in [2.24, 2.45) is 5.73 Å². The molecule has 0 fully saturated rings. The average molecular weight is 475 g/mol. The van der Waals surface area contributed by atoms with Gasteiger partial charge in [-0.3, -0.25) is 9.80 Å². The summed E-state index contributed by atoms with van der Waals surface area (Å²) in [6.07, 6.45) is 0.948. The third kappa shape index (κ3) is 3.98. The second-order valence-corrected chi connectivity index (χ2v) is 8.73. The number of methoxy groups -OCH3 is 3. The largest absolute Gasteiger partial charge is 0.493 e. The van der Waals surface area contributed by atoms with Gasteiger partial charge in [0.15, 0.2) is 17.3 Å². The van der Waals surface area contributed by atoms with Gasteiger partial charge in [-0.2, -0.15) is 5.26 Å². The number of hydrogen-bond acceptors (Lipinski definition) is 8. The number of rotatable bonds is 6. The molecule has 8 heteroatoms. The van der Waals surface area contributed by atoms with Gasteiger partial charge < -0.3 is 19.9 Å². The molecule has 0 amide bonds. The molecule has 2 aromatic carbocycles. The van der Waals surface area contributed by atoms with Crippen LogP contribution >= 0.6 is 0 Å². The van der Waals surface area contributed by atoms with Gasteiger partial charge in [0.1, 0.15) is 5.82 Å². The third-order valence-electron chi connectivity index (χ3n) is 6.66. The highest BCUT2D eigenvalue weighted by Crippen LogP contribution is 2.52. The van der Waals surface area contributed by atoms with Crippen LogP contribution in [0.25, 0.3) is 0 Å². The van der Waals surface area contributed by atoms with Gasteiger partial charge in [0.2, 0.25) is 5.75 Å². The van der Waals surface area contributed by atoms with Crippen LogP contribution in [0, 0.1) is 11.3 Å². The SMILES string of the molecule is COc1ccc([C@H]2C(C#N)=C(N)N(N(C)C)C3=C2C(=O)C[C@@H](c2ccccc2)C3)c(OC)c1OC. The Morgan fingerprint density at radius 3 is 2.26 bits per heavy atom. The van der Waals surface area contributed by atoms with Gasteiger partial charge in [0, 0.05) is 37.3 Å². The van der Waals surface area contributed by atoms with E-state index in [1.54, 1.807) is 18.2 Å². The van der Waals surface area contributed by atoms with E-state index in [0.717, 1.165) is 11.3 Å². The monoisotopic (exact) mass is 474 g/mol. The normalized spacial score (nSPS) is 20.0. The maximum atomic E-state index is 13.8. The molecule has 0 spiro atoms.